The third kappa shape index (κ3) is 5.07. The predicted octanol–water partition coefficient (Wildman–Crippen LogP) is 9.14. The number of aromatic nitrogens is 2. The third-order valence-corrected chi connectivity index (χ3v) is 7.15. The lowest BCUT2D eigenvalue weighted by Gasteiger charge is -2.24. The summed E-state index contributed by atoms with van der Waals surface area (Å²) in [5.41, 5.74) is 7.30. The van der Waals surface area contributed by atoms with Crippen molar-refractivity contribution >= 4 is 17.2 Å². The van der Waals surface area contributed by atoms with Gasteiger partial charge in [-0.3, -0.25) is 4.90 Å². The second kappa shape index (κ2) is 11.3. The fraction of sp³-hybridized carbons (Fsp3) is 0.0556. The van der Waals surface area contributed by atoms with Crippen LogP contribution in [0.4, 0.5) is 17.2 Å². The van der Waals surface area contributed by atoms with Gasteiger partial charge in [-0.2, -0.15) is 0 Å². The zero-order valence-corrected chi connectivity index (χ0v) is 22.2. The number of hydrogen-bond donors (Lipinski definition) is 1. The molecule has 0 aliphatic carbocycles. The van der Waals surface area contributed by atoms with Crippen molar-refractivity contribution in [2.24, 2.45) is 0 Å². The smallest absolute Gasteiger partial charge is 0.137 e. The Kier molecular flexibility index (Phi) is 7.06. The van der Waals surface area contributed by atoms with Crippen LogP contribution < -0.4 is 4.90 Å². The summed E-state index contributed by atoms with van der Waals surface area (Å²) in [6.45, 7) is 2.11. The first-order valence-electron chi connectivity index (χ1n) is 13.4. The van der Waals surface area contributed by atoms with Gasteiger partial charge in [0.1, 0.15) is 11.6 Å². The molecular weight excluding hydrogens is 490 g/mol. The summed E-state index contributed by atoms with van der Waals surface area (Å²) >= 11 is 0. The quantitative estimate of drug-likeness (QED) is 0.228. The summed E-state index contributed by atoms with van der Waals surface area (Å²) < 4.78 is 0. The Bertz CT molecular complexity index is 1680. The second-order valence-corrected chi connectivity index (χ2v) is 9.69. The van der Waals surface area contributed by atoms with E-state index in [9.17, 15) is 5.11 Å². The maximum Gasteiger partial charge on any atom is 0.137 e. The van der Waals surface area contributed by atoms with Crippen LogP contribution in [0.5, 0.6) is 5.75 Å². The van der Waals surface area contributed by atoms with Crippen molar-refractivity contribution in [2.45, 2.75) is 12.8 Å². The number of hydrogen-bond acceptors (Lipinski definition) is 4. The molecule has 40 heavy (non-hydrogen) atoms. The summed E-state index contributed by atoms with van der Waals surface area (Å²) in [6.07, 6.45) is 1.80. The van der Waals surface area contributed by atoms with Crippen molar-refractivity contribution in [1.29, 1.82) is 0 Å². The van der Waals surface area contributed by atoms with Crippen molar-refractivity contribution < 1.29 is 5.11 Å². The molecule has 0 spiro atoms. The van der Waals surface area contributed by atoms with E-state index >= 15 is 0 Å². The number of benzene rings is 4. The van der Waals surface area contributed by atoms with E-state index in [1.54, 1.807) is 6.20 Å². The standard InChI is InChI=1S/C36H29N3O/c1-26(27-13-4-2-5-14-27)31-19-11-20-32(36(31)40)34-22-12-21-33(38-34)28-15-10-18-30(25-28)39(29-16-6-3-7-17-29)35-23-8-9-24-37-35/h2-26,40H,1H3. The van der Waals surface area contributed by atoms with E-state index in [1.807, 2.05) is 97.1 Å². The number of nitrogens with zero attached hydrogens (tertiary/aromatic N) is 3. The molecule has 0 aliphatic rings. The number of para-hydroxylation sites is 2. The Hall–Kier alpha value is -5.22. The minimum absolute atomic E-state index is 0.0524. The van der Waals surface area contributed by atoms with Crippen molar-refractivity contribution in [3.05, 3.63) is 157 Å². The zero-order valence-electron chi connectivity index (χ0n) is 22.2. The van der Waals surface area contributed by atoms with Crippen LogP contribution in [0.25, 0.3) is 22.5 Å². The van der Waals surface area contributed by atoms with Crippen LogP contribution in [0.2, 0.25) is 0 Å². The number of phenolic OH excluding ortho intramolecular Hbond substituents is 1. The Morgan fingerprint density at radius 1 is 0.625 bits per heavy atom. The lowest BCUT2D eigenvalue weighted by atomic mass is 9.90. The molecule has 0 fully saturated rings. The molecule has 4 aromatic carbocycles. The lowest BCUT2D eigenvalue weighted by molar-refractivity contribution is 0.468. The predicted molar refractivity (Wildman–Crippen MR) is 163 cm³/mol. The van der Waals surface area contributed by atoms with Gasteiger partial charge in [0.25, 0.3) is 0 Å². The first-order valence-corrected chi connectivity index (χ1v) is 13.4. The SMILES string of the molecule is CC(c1ccccc1)c1cccc(-c2cccc(-c3cccc(N(c4ccccc4)c4ccccn4)c3)n2)c1O. The molecular formula is C36H29N3O. The molecule has 4 nitrogen and oxygen atoms in total. The summed E-state index contributed by atoms with van der Waals surface area (Å²) in [7, 11) is 0. The van der Waals surface area contributed by atoms with Gasteiger partial charge in [0.2, 0.25) is 0 Å². The molecule has 1 N–H and O–H groups in total. The molecule has 2 heterocycles. The zero-order chi connectivity index (χ0) is 27.3. The molecule has 6 aromatic rings. The normalized spacial score (nSPS) is 11.6. The molecule has 0 amide bonds. The fourth-order valence-electron chi connectivity index (χ4n) is 5.07. The van der Waals surface area contributed by atoms with Crippen molar-refractivity contribution in [1.82, 2.24) is 9.97 Å². The molecule has 4 heteroatoms. The highest BCUT2D eigenvalue weighted by Gasteiger charge is 2.18. The average molecular weight is 520 g/mol. The number of aromatic hydroxyl groups is 1. The molecule has 0 radical (unpaired) electrons. The van der Waals surface area contributed by atoms with E-state index in [-0.39, 0.29) is 11.7 Å². The molecule has 194 valence electrons. The van der Waals surface area contributed by atoms with Gasteiger partial charge in [0.05, 0.1) is 11.4 Å². The first kappa shape index (κ1) is 25.1. The summed E-state index contributed by atoms with van der Waals surface area (Å²) in [6, 6.07) is 46.5. The average Bonchev–Trinajstić information content (AvgIpc) is 3.03. The summed E-state index contributed by atoms with van der Waals surface area (Å²) in [4.78, 5) is 11.8. The Morgan fingerprint density at radius 3 is 2.08 bits per heavy atom. The Morgan fingerprint density at radius 2 is 1.30 bits per heavy atom. The van der Waals surface area contributed by atoms with E-state index < -0.39 is 0 Å². The van der Waals surface area contributed by atoms with Crippen LogP contribution in [-0.4, -0.2) is 15.1 Å². The minimum Gasteiger partial charge on any atom is -0.507 e. The van der Waals surface area contributed by atoms with Crippen LogP contribution in [0.15, 0.2) is 146 Å². The first-order chi connectivity index (χ1) is 19.7. The van der Waals surface area contributed by atoms with Crippen molar-refractivity contribution in [2.75, 3.05) is 4.90 Å². The molecule has 2 aromatic heterocycles. The van der Waals surface area contributed by atoms with Gasteiger partial charge in [-0.15, -0.1) is 0 Å². The number of phenols is 1. The van der Waals surface area contributed by atoms with Crippen molar-refractivity contribution in [3.8, 4) is 28.3 Å². The highest BCUT2D eigenvalue weighted by molar-refractivity contribution is 5.78. The van der Waals surface area contributed by atoms with E-state index in [1.165, 1.54) is 0 Å². The van der Waals surface area contributed by atoms with Gasteiger partial charge in [0.15, 0.2) is 0 Å². The van der Waals surface area contributed by atoms with Crippen LogP contribution in [0.3, 0.4) is 0 Å². The number of anilines is 3. The highest BCUT2D eigenvalue weighted by atomic mass is 16.3. The molecule has 0 saturated heterocycles. The van der Waals surface area contributed by atoms with Crippen LogP contribution in [0, 0.1) is 0 Å². The van der Waals surface area contributed by atoms with Crippen LogP contribution >= 0.6 is 0 Å². The Labute approximate surface area is 234 Å². The number of rotatable bonds is 7. The van der Waals surface area contributed by atoms with E-state index in [2.05, 4.69) is 59.3 Å². The van der Waals surface area contributed by atoms with E-state index in [0.29, 0.717) is 0 Å². The van der Waals surface area contributed by atoms with Gasteiger partial charge in [0, 0.05) is 40.2 Å². The molecule has 0 aliphatic heterocycles. The minimum atomic E-state index is 0.0524. The van der Waals surface area contributed by atoms with Gasteiger partial charge in [-0.25, -0.2) is 9.97 Å². The maximum absolute atomic E-state index is 11.4. The van der Waals surface area contributed by atoms with Crippen LogP contribution in [0.1, 0.15) is 24.0 Å². The topological polar surface area (TPSA) is 49.2 Å². The number of pyridine rings is 2. The molecule has 1 atom stereocenters. The van der Waals surface area contributed by atoms with Gasteiger partial charge in [-0.05, 0) is 60.2 Å². The molecule has 0 bridgehead atoms. The van der Waals surface area contributed by atoms with E-state index in [4.69, 9.17) is 4.98 Å². The maximum atomic E-state index is 11.4. The van der Waals surface area contributed by atoms with Gasteiger partial charge in [-0.1, -0.05) is 91.9 Å². The van der Waals surface area contributed by atoms with Gasteiger partial charge < -0.3 is 5.11 Å². The van der Waals surface area contributed by atoms with Crippen LogP contribution in [-0.2, 0) is 0 Å². The highest BCUT2D eigenvalue weighted by Crippen LogP contribution is 2.39. The second-order valence-electron chi connectivity index (χ2n) is 9.69. The summed E-state index contributed by atoms with van der Waals surface area (Å²) in [5, 5.41) is 11.4. The van der Waals surface area contributed by atoms with E-state index in [0.717, 1.165) is 50.8 Å². The monoisotopic (exact) mass is 519 g/mol. The molecule has 6 rings (SSSR count). The Balaban J connectivity index is 1.38. The largest absolute Gasteiger partial charge is 0.507 e. The molecule has 1 unspecified atom stereocenters. The summed E-state index contributed by atoms with van der Waals surface area (Å²) in [5.74, 6) is 1.15. The lowest BCUT2D eigenvalue weighted by Crippen LogP contribution is -2.11. The van der Waals surface area contributed by atoms with Gasteiger partial charge >= 0.3 is 0 Å². The molecule has 0 saturated carbocycles. The third-order valence-electron chi connectivity index (χ3n) is 7.15. The van der Waals surface area contributed by atoms with Crippen molar-refractivity contribution in [3.63, 3.8) is 0 Å². The fourth-order valence-corrected chi connectivity index (χ4v) is 5.07.